The average molecular weight is 432 g/mol. The third-order valence-corrected chi connectivity index (χ3v) is 6.21. The minimum atomic E-state index is -0.0130. The molecule has 158 valence electrons. The smallest absolute Gasteiger partial charge is 0.233 e. The van der Waals surface area contributed by atoms with Crippen molar-refractivity contribution in [1.82, 2.24) is 9.97 Å². The van der Waals surface area contributed by atoms with Crippen LogP contribution in [0.15, 0.2) is 66.9 Å². The van der Waals surface area contributed by atoms with Gasteiger partial charge < -0.3 is 4.74 Å². The van der Waals surface area contributed by atoms with Gasteiger partial charge in [-0.3, -0.25) is 14.7 Å². The molecule has 0 atom stereocenters. The Bertz CT molecular complexity index is 1170. The van der Waals surface area contributed by atoms with Crippen molar-refractivity contribution in [3.05, 3.63) is 83.7 Å². The summed E-state index contributed by atoms with van der Waals surface area (Å²) < 4.78 is 6.43. The highest BCUT2D eigenvalue weighted by Crippen LogP contribution is 2.34. The van der Waals surface area contributed by atoms with E-state index in [4.69, 9.17) is 9.72 Å². The minimum Gasteiger partial charge on any atom is -0.494 e. The zero-order valence-corrected chi connectivity index (χ0v) is 18.7. The number of rotatable bonds is 7. The first-order valence-corrected chi connectivity index (χ1v) is 11.1. The molecule has 0 saturated carbocycles. The molecule has 31 heavy (non-hydrogen) atoms. The van der Waals surface area contributed by atoms with Crippen LogP contribution in [0.1, 0.15) is 36.6 Å². The zero-order chi connectivity index (χ0) is 21.8. The second kappa shape index (κ2) is 9.27. The van der Waals surface area contributed by atoms with E-state index >= 15 is 0 Å². The number of nitrogens with zero attached hydrogens (tertiary/aromatic N) is 3. The summed E-state index contributed by atoms with van der Waals surface area (Å²) in [7, 11) is 1.63. The van der Waals surface area contributed by atoms with E-state index in [0.717, 1.165) is 21.5 Å². The quantitative estimate of drug-likeness (QED) is 0.382. The molecule has 0 aliphatic carbocycles. The van der Waals surface area contributed by atoms with Crippen molar-refractivity contribution < 1.29 is 9.53 Å². The number of fused-ring (bicyclic) bond motifs is 1. The Morgan fingerprint density at radius 3 is 2.55 bits per heavy atom. The number of carbonyl (C=O) groups excluding carboxylic acids is 1. The maximum absolute atomic E-state index is 13.4. The summed E-state index contributed by atoms with van der Waals surface area (Å²) in [6.07, 6.45) is 2.04. The third kappa shape index (κ3) is 4.75. The Hall–Kier alpha value is -3.25. The first-order chi connectivity index (χ1) is 15.0. The van der Waals surface area contributed by atoms with E-state index in [2.05, 4.69) is 31.0 Å². The fourth-order valence-electron chi connectivity index (χ4n) is 3.40. The molecule has 0 spiro atoms. The molecule has 0 saturated heterocycles. The average Bonchev–Trinajstić information content (AvgIpc) is 3.22. The highest BCUT2D eigenvalue weighted by atomic mass is 32.1. The topological polar surface area (TPSA) is 55.3 Å². The number of thiazole rings is 1. The van der Waals surface area contributed by atoms with Gasteiger partial charge in [0.1, 0.15) is 11.3 Å². The number of carbonyl (C=O) groups is 1. The van der Waals surface area contributed by atoms with Gasteiger partial charge in [0.2, 0.25) is 5.91 Å². The van der Waals surface area contributed by atoms with E-state index in [1.807, 2.05) is 48.5 Å². The van der Waals surface area contributed by atoms with Gasteiger partial charge in [0.05, 0.1) is 30.5 Å². The van der Waals surface area contributed by atoms with Crippen LogP contribution in [-0.4, -0.2) is 23.0 Å². The van der Waals surface area contributed by atoms with Crippen LogP contribution in [0.25, 0.3) is 10.2 Å². The molecule has 1 amide bonds. The highest BCUT2D eigenvalue weighted by molar-refractivity contribution is 7.22. The molecule has 4 rings (SSSR count). The predicted octanol–water partition coefficient (Wildman–Crippen LogP) is 5.60. The number of para-hydroxylation sites is 1. The first-order valence-electron chi connectivity index (χ1n) is 10.3. The lowest BCUT2D eigenvalue weighted by Crippen LogP contribution is -2.32. The van der Waals surface area contributed by atoms with Gasteiger partial charge >= 0.3 is 0 Å². The number of hydrogen-bond acceptors (Lipinski definition) is 5. The maximum atomic E-state index is 13.4. The fraction of sp³-hybridized carbons (Fsp3) is 0.240. The van der Waals surface area contributed by atoms with E-state index in [9.17, 15) is 4.79 Å². The van der Waals surface area contributed by atoms with Crippen LogP contribution in [0.2, 0.25) is 0 Å². The van der Waals surface area contributed by atoms with Crippen molar-refractivity contribution in [3.8, 4) is 5.75 Å². The summed E-state index contributed by atoms with van der Waals surface area (Å²) in [6, 6.07) is 19.8. The first kappa shape index (κ1) is 21.0. The summed E-state index contributed by atoms with van der Waals surface area (Å²) in [5, 5.41) is 0.647. The van der Waals surface area contributed by atoms with E-state index in [-0.39, 0.29) is 5.91 Å². The molecule has 0 unspecified atom stereocenters. The number of benzene rings is 2. The molecular formula is C25H25N3O2S. The summed E-state index contributed by atoms with van der Waals surface area (Å²) >= 11 is 1.49. The largest absolute Gasteiger partial charge is 0.494 e. The number of pyridine rings is 1. The van der Waals surface area contributed by atoms with Crippen LogP contribution >= 0.6 is 11.3 Å². The van der Waals surface area contributed by atoms with Crippen molar-refractivity contribution in [2.45, 2.75) is 32.7 Å². The van der Waals surface area contributed by atoms with Crippen molar-refractivity contribution in [2.75, 3.05) is 12.0 Å². The second-order valence-corrected chi connectivity index (χ2v) is 8.69. The molecular weight excluding hydrogens is 406 g/mol. The Morgan fingerprint density at radius 1 is 1.06 bits per heavy atom. The summed E-state index contributed by atoms with van der Waals surface area (Å²) in [4.78, 5) is 24.3. The molecule has 4 aromatic rings. The zero-order valence-electron chi connectivity index (χ0n) is 17.9. The van der Waals surface area contributed by atoms with Crippen LogP contribution in [-0.2, 0) is 17.8 Å². The molecule has 0 aliphatic heterocycles. The summed E-state index contributed by atoms with van der Waals surface area (Å²) in [5.41, 5.74) is 3.83. The SMILES string of the molecule is COc1cccc2sc(N(Cc3ccccn3)C(=O)Cc3ccc(C(C)C)cc3)nc12. The van der Waals surface area contributed by atoms with Crippen molar-refractivity contribution in [1.29, 1.82) is 0 Å². The molecule has 2 aromatic carbocycles. The number of methoxy groups -OCH3 is 1. The van der Waals surface area contributed by atoms with Crippen LogP contribution < -0.4 is 9.64 Å². The molecule has 0 N–H and O–H groups in total. The van der Waals surface area contributed by atoms with E-state index in [0.29, 0.717) is 29.8 Å². The molecule has 2 heterocycles. The van der Waals surface area contributed by atoms with Crippen LogP contribution in [0.5, 0.6) is 5.75 Å². The normalized spacial score (nSPS) is 11.1. The molecule has 5 nitrogen and oxygen atoms in total. The van der Waals surface area contributed by atoms with Crippen molar-refractivity contribution in [2.24, 2.45) is 0 Å². The molecule has 6 heteroatoms. The number of aromatic nitrogens is 2. The summed E-state index contributed by atoms with van der Waals surface area (Å²) in [5.74, 6) is 1.15. The molecule has 0 bridgehead atoms. The van der Waals surface area contributed by atoms with Crippen molar-refractivity contribution in [3.63, 3.8) is 0 Å². The lowest BCUT2D eigenvalue weighted by atomic mass is 10.0. The van der Waals surface area contributed by atoms with Gasteiger partial charge in [-0.2, -0.15) is 0 Å². The van der Waals surface area contributed by atoms with Gasteiger partial charge in [-0.25, -0.2) is 4.98 Å². The number of hydrogen-bond donors (Lipinski definition) is 0. The van der Waals surface area contributed by atoms with Crippen LogP contribution in [0, 0.1) is 0 Å². The standard InChI is InChI=1S/C25H25N3O2S/c1-17(2)19-12-10-18(11-13-19)15-23(29)28(16-20-7-4-5-14-26-20)25-27-24-21(30-3)8-6-9-22(24)31-25/h4-14,17H,15-16H2,1-3H3. The number of amides is 1. The Morgan fingerprint density at radius 2 is 1.87 bits per heavy atom. The van der Waals surface area contributed by atoms with Gasteiger partial charge in [-0.1, -0.05) is 61.6 Å². The monoisotopic (exact) mass is 431 g/mol. The molecule has 2 aromatic heterocycles. The van der Waals surface area contributed by atoms with Gasteiger partial charge in [-0.15, -0.1) is 0 Å². The van der Waals surface area contributed by atoms with Crippen LogP contribution in [0.4, 0.5) is 5.13 Å². The van der Waals surface area contributed by atoms with E-state index < -0.39 is 0 Å². The second-order valence-electron chi connectivity index (χ2n) is 7.68. The number of ether oxygens (including phenoxy) is 1. The lowest BCUT2D eigenvalue weighted by molar-refractivity contribution is -0.118. The van der Waals surface area contributed by atoms with Gasteiger partial charge in [-0.05, 0) is 41.3 Å². The fourth-order valence-corrected chi connectivity index (χ4v) is 4.40. The molecule has 0 radical (unpaired) electrons. The van der Waals surface area contributed by atoms with E-state index in [1.54, 1.807) is 18.2 Å². The van der Waals surface area contributed by atoms with Crippen LogP contribution in [0.3, 0.4) is 0 Å². The third-order valence-electron chi connectivity index (χ3n) is 5.17. The van der Waals surface area contributed by atoms with Gasteiger partial charge in [0, 0.05) is 6.20 Å². The molecule has 0 fully saturated rings. The van der Waals surface area contributed by atoms with Crippen molar-refractivity contribution >= 4 is 32.6 Å². The predicted molar refractivity (Wildman–Crippen MR) is 126 cm³/mol. The Labute approximate surface area is 186 Å². The number of anilines is 1. The summed E-state index contributed by atoms with van der Waals surface area (Å²) in [6.45, 7) is 4.69. The molecule has 0 aliphatic rings. The van der Waals surface area contributed by atoms with E-state index in [1.165, 1.54) is 16.9 Å². The van der Waals surface area contributed by atoms with Gasteiger partial charge in [0.15, 0.2) is 5.13 Å². The highest BCUT2D eigenvalue weighted by Gasteiger charge is 2.22. The van der Waals surface area contributed by atoms with Gasteiger partial charge in [0.25, 0.3) is 0 Å². The lowest BCUT2D eigenvalue weighted by Gasteiger charge is -2.20. The minimum absolute atomic E-state index is 0.0130. The Balaban J connectivity index is 1.66. The maximum Gasteiger partial charge on any atom is 0.233 e. The Kier molecular flexibility index (Phi) is 6.28.